The highest BCUT2D eigenvalue weighted by molar-refractivity contribution is 7.10. The first-order valence-corrected chi connectivity index (χ1v) is 5.55. The van der Waals surface area contributed by atoms with Crippen LogP contribution in [0.2, 0.25) is 0 Å². The van der Waals surface area contributed by atoms with Gasteiger partial charge in [-0.15, -0.1) is 17.8 Å². The predicted molar refractivity (Wildman–Crippen MR) is 67.6 cm³/mol. The maximum Gasteiger partial charge on any atom is 0.0270 e. The van der Waals surface area contributed by atoms with E-state index in [4.69, 9.17) is 6.42 Å². The molecule has 1 aromatic heterocycles. The molecule has 1 heteroatoms. The molecule has 1 heterocycles. The van der Waals surface area contributed by atoms with Gasteiger partial charge in [-0.05, 0) is 35.2 Å². The molecule has 2 rings (SSSR count). The SMILES string of the molecule is C#Cc1ccc(/C=C/c2cccs2)cc1. The molecule has 0 aliphatic rings. The highest BCUT2D eigenvalue weighted by Crippen LogP contribution is 2.13. The van der Waals surface area contributed by atoms with Crippen LogP contribution in [0, 0.1) is 12.3 Å². The molecule has 0 aliphatic heterocycles. The van der Waals surface area contributed by atoms with E-state index in [1.165, 1.54) is 10.4 Å². The van der Waals surface area contributed by atoms with E-state index >= 15 is 0 Å². The number of benzene rings is 1. The molecule has 0 amide bonds. The first kappa shape index (κ1) is 9.76. The van der Waals surface area contributed by atoms with Crippen molar-refractivity contribution in [2.24, 2.45) is 0 Å². The first-order chi connectivity index (χ1) is 7.38. The lowest BCUT2D eigenvalue weighted by Gasteiger charge is -1.93. The Labute approximate surface area is 93.9 Å². The van der Waals surface area contributed by atoms with Gasteiger partial charge >= 0.3 is 0 Å². The lowest BCUT2D eigenvalue weighted by Crippen LogP contribution is -1.74. The highest BCUT2D eigenvalue weighted by atomic mass is 32.1. The second-order valence-electron chi connectivity index (χ2n) is 3.12. The average molecular weight is 210 g/mol. The molecule has 0 fully saturated rings. The van der Waals surface area contributed by atoms with E-state index in [9.17, 15) is 0 Å². The Bertz CT molecular complexity index is 481. The van der Waals surface area contributed by atoms with Crippen LogP contribution in [-0.4, -0.2) is 0 Å². The smallest absolute Gasteiger partial charge is 0.0270 e. The van der Waals surface area contributed by atoms with Crippen LogP contribution in [0.3, 0.4) is 0 Å². The quantitative estimate of drug-likeness (QED) is 0.659. The van der Waals surface area contributed by atoms with Crippen LogP contribution >= 0.6 is 11.3 Å². The van der Waals surface area contributed by atoms with E-state index in [2.05, 4.69) is 29.5 Å². The largest absolute Gasteiger partial charge is 0.144 e. The van der Waals surface area contributed by atoms with Gasteiger partial charge in [0.2, 0.25) is 0 Å². The van der Waals surface area contributed by atoms with E-state index in [-0.39, 0.29) is 0 Å². The first-order valence-electron chi connectivity index (χ1n) is 4.67. The van der Waals surface area contributed by atoms with E-state index in [1.54, 1.807) is 11.3 Å². The third-order valence-electron chi connectivity index (χ3n) is 2.06. The van der Waals surface area contributed by atoms with Crippen molar-refractivity contribution in [1.82, 2.24) is 0 Å². The Kier molecular flexibility index (Phi) is 3.02. The molecule has 0 radical (unpaired) electrons. The predicted octanol–water partition coefficient (Wildman–Crippen LogP) is 3.90. The summed E-state index contributed by atoms with van der Waals surface area (Å²) in [4.78, 5) is 1.26. The van der Waals surface area contributed by atoms with Crippen LogP contribution in [0.1, 0.15) is 16.0 Å². The van der Waals surface area contributed by atoms with Gasteiger partial charge in [0.05, 0.1) is 0 Å². The Morgan fingerprint density at radius 3 is 2.47 bits per heavy atom. The van der Waals surface area contributed by atoms with Crippen molar-refractivity contribution in [2.75, 3.05) is 0 Å². The fraction of sp³-hybridized carbons (Fsp3) is 0. The molecule has 15 heavy (non-hydrogen) atoms. The molecule has 0 N–H and O–H groups in total. The molecule has 0 nitrogen and oxygen atoms in total. The van der Waals surface area contributed by atoms with Crippen LogP contribution in [0.15, 0.2) is 41.8 Å². The molecule has 0 atom stereocenters. The minimum Gasteiger partial charge on any atom is -0.144 e. The summed E-state index contributed by atoms with van der Waals surface area (Å²) in [6, 6.07) is 12.1. The Balaban J connectivity index is 2.15. The van der Waals surface area contributed by atoms with E-state index in [0.29, 0.717) is 0 Å². The Morgan fingerprint density at radius 1 is 1.07 bits per heavy atom. The fourth-order valence-corrected chi connectivity index (χ4v) is 1.87. The van der Waals surface area contributed by atoms with Gasteiger partial charge in [0.25, 0.3) is 0 Å². The monoisotopic (exact) mass is 210 g/mol. The van der Waals surface area contributed by atoms with Gasteiger partial charge in [0.1, 0.15) is 0 Å². The average Bonchev–Trinajstić information content (AvgIpc) is 2.80. The van der Waals surface area contributed by atoms with Crippen LogP contribution in [0.25, 0.3) is 12.2 Å². The van der Waals surface area contributed by atoms with Crippen LogP contribution in [0.5, 0.6) is 0 Å². The minimum atomic E-state index is 0.920. The summed E-state index contributed by atoms with van der Waals surface area (Å²) in [5.74, 6) is 2.60. The lowest BCUT2D eigenvalue weighted by atomic mass is 10.1. The van der Waals surface area contributed by atoms with Crippen LogP contribution < -0.4 is 0 Å². The summed E-state index contributed by atoms with van der Waals surface area (Å²) in [5, 5.41) is 2.07. The van der Waals surface area contributed by atoms with Crippen molar-refractivity contribution in [3.05, 3.63) is 57.8 Å². The molecule has 2 aromatic rings. The van der Waals surface area contributed by atoms with Crippen molar-refractivity contribution >= 4 is 23.5 Å². The zero-order chi connectivity index (χ0) is 10.5. The summed E-state index contributed by atoms with van der Waals surface area (Å²) in [6.45, 7) is 0. The van der Waals surface area contributed by atoms with Crippen molar-refractivity contribution < 1.29 is 0 Å². The van der Waals surface area contributed by atoms with Crippen molar-refractivity contribution in [2.45, 2.75) is 0 Å². The zero-order valence-electron chi connectivity index (χ0n) is 8.18. The maximum absolute atomic E-state index is 5.28. The van der Waals surface area contributed by atoms with Gasteiger partial charge in [-0.1, -0.05) is 30.2 Å². The molecule has 0 spiro atoms. The van der Waals surface area contributed by atoms with Gasteiger partial charge < -0.3 is 0 Å². The summed E-state index contributed by atoms with van der Waals surface area (Å²) in [7, 11) is 0. The molecule has 0 saturated carbocycles. The molecule has 0 unspecified atom stereocenters. The number of rotatable bonds is 2. The molecule has 0 aliphatic carbocycles. The molecule has 72 valence electrons. The van der Waals surface area contributed by atoms with Gasteiger partial charge in [0, 0.05) is 10.4 Å². The third-order valence-corrected chi connectivity index (χ3v) is 2.90. The summed E-state index contributed by atoms with van der Waals surface area (Å²) >= 11 is 1.73. The molecule has 1 aromatic carbocycles. The standard InChI is InChI=1S/C14H10S/c1-2-12-5-7-13(8-6-12)9-10-14-4-3-11-15-14/h1,3-11H/b10-9+. The summed E-state index contributed by atoms with van der Waals surface area (Å²) in [6.07, 6.45) is 9.48. The van der Waals surface area contributed by atoms with Crippen molar-refractivity contribution in [3.8, 4) is 12.3 Å². The summed E-state index contributed by atoms with van der Waals surface area (Å²) in [5.41, 5.74) is 2.09. The fourth-order valence-electron chi connectivity index (χ4n) is 1.25. The second kappa shape index (κ2) is 4.63. The number of terminal acetylenes is 1. The van der Waals surface area contributed by atoms with E-state index < -0.39 is 0 Å². The molecule has 0 saturated heterocycles. The highest BCUT2D eigenvalue weighted by Gasteiger charge is 1.89. The minimum absolute atomic E-state index is 0.920. The Hall–Kier alpha value is -1.78. The van der Waals surface area contributed by atoms with Gasteiger partial charge in [-0.25, -0.2) is 0 Å². The topological polar surface area (TPSA) is 0 Å². The third kappa shape index (κ3) is 2.59. The molecular formula is C14H10S. The van der Waals surface area contributed by atoms with Gasteiger partial charge in [-0.3, -0.25) is 0 Å². The van der Waals surface area contributed by atoms with Crippen molar-refractivity contribution in [1.29, 1.82) is 0 Å². The van der Waals surface area contributed by atoms with Crippen LogP contribution in [0.4, 0.5) is 0 Å². The number of hydrogen-bond acceptors (Lipinski definition) is 1. The normalized spacial score (nSPS) is 10.3. The van der Waals surface area contributed by atoms with Gasteiger partial charge in [0.15, 0.2) is 0 Å². The second-order valence-corrected chi connectivity index (χ2v) is 4.09. The summed E-state index contributed by atoms with van der Waals surface area (Å²) < 4.78 is 0. The zero-order valence-corrected chi connectivity index (χ0v) is 9.00. The van der Waals surface area contributed by atoms with Crippen molar-refractivity contribution in [3.63, 3.8) is 0 Å². The number of hydrogen-bond donors (Lipinski definition) is 0. The number of thiophene rings is 1. The van der Waals surface area contributed by atoms with E-state index in [0.717, 1.165) is 5.56 Å². The molecular weight excluding hydrogens is 200 g/mol. The van der Waals surface area contributed by atoms with Crippen LogP contribution in [-0.2, 0) is 0 Å². The van der Waals surface area contributed by atoms with E-state index in [1.807, 2.05) is 30.3 Å². The lowest BCUT2D eigenvalue weighted by molar-refractivity contribution is 1.62. The molecule has 0 bridgehead atoms. The van der Waals surface area contributed by atoms with Gasteiger partial charge in [-0.2, -0.15) is 0 Å². The maximum atomic E-state index is 5.28. The Morgan fingerprint density at radius 2 is 1.87 bits per heavy atom.